The van der Waals surface area contributed by atoms with Gasteiger partial charge in [-0.15, -0.1) is 0 Å². The molecule has 0 aliphatic heterocycles. The van der Waals surface area contributed by atoms with Crippen molar-refractivity contribution in [3.63, 3.8) is 0 Å². The molecule has 0 spiro atoms. The summed E-state index contributed by atoms with van der Waals surface area (Å²) in [6.07, 6.45) is -0.718. The van der Waals surface area contributed by atoms with Gasteiger partial charge in [0.1, 0.15) is 12.9 Å². The highest BCUT2D eigenvalue weighted by atomic mass is 32.2. The number of halogens is 3. The standard InChI is InChI=1S/C19H24F3N5O3S/c1-4-26(17-12-27(24-14(17)2)15-7-5-9-23-11-15)18(28)16(25-30-3)13-31(29)10-6-8-19(20,21)22/h5,7,9,11-12H,4,6,8,10,13H2,1-3H3. The highest BCUT2D eigenvalue weighted by molar-refractivity contribution is 7.92. The summed E-state index contributed by atoms with van der Waals surface area (Å²) in [5, 5.41) is 8.09. The van der Waals surface area contributed by atoms with E-state index < -0.39 is 29.7 Å². The fourth-order valence-corrected chi connectivity index (χ4v) is 3.90. The Kier molecular flexibility index (Phi) is 8.87. The van der Waals surface area contributed by atoms with E-state index in [2.05, 4.69) is 15.2 Å². The van der Waals surface area contributed by atoms with Crippen molar-refractivity contribution in [3.05, 3.63) is 36.4 Å². The minimum atomic E-state index is -4.31. The monoisotopic (exact) mass is 459 g/mol. The zero-order chi connectivity index (χ0) is 23.0. The molecular formula is C19H24F3N5O3S. The summed E-state index contributed by atoms with van der Waals surface area (Å²) in [5.74, 6) is -1.06. The molecule has 1 amide bonds. The lowest BCUT2D eigenvalue weighted by atomic mass is 10.3. The second kappa shape index (κ2) is 11.1. The van der Waals surface area contributed by atoms with Gasteiger partial charge in [0, 0.05) is 25.6 Å². The fraction of sp³-hybridized carbons (Fsp3) is 0.474. The van der Waals surface area contributed by atoms with Crippen molar-refractivity contribution in [2.24, 2.45) is 5.16 Å². The first-order chi connectivity index (χ1) is 14.7. The van der Waals surface area contributed by atoms with Crippen LogP contribution in [0.5, 0.6) is 0 Å². The third kappa shape index (κ3) is 7.24. The molecule has 0 aliphatic carbocycles. The van der Waals surface area contributed by atoms with Crippen molar-refractivity contribution in [1.29, 1.82) is 0 Å². The Labute approximate surface area is 181 Å². The number of carbonyl (C=O) groups excluding carboxylic acids is 1. The average molecular weight is 459 g/mol. The number of oxime groups is 1. The third-order valence-corrected chi connectivity index (χ3v) is 5.55. The number of carbonyl (C=O) groups is 1. The van der Waals surface area contributed by atoms with Crippen LogP contribution in [0.2, 0.25) is 0 Å². The first kappa shape index (κ1) is 24.7. The van der Waals surface area contributed by atoms with E-state index in [0.717, 1.165) is 0 Å². The molecule has 2 rings (SSSR count). The number of anilines is 1. The van der Waals surface area contributed by atoms with E-state index in [1.54, 1.807) is 43.2 Å². The van der Waals surface area contributed by atoms with Gasteiger partial charge in [0.2, 0.25) is 0 Å². The van der Waals surface area contributed by atoms with Crippen LogP contribution in [0.4, 0.5) is 18.9 Å². The molecule has 0 saturated heterocycles. The molecule has 31 heavy (non-hydrogen) atoms. The third-order valence-electron chi connectivity index (χ3n) is 4.21. The molecule has 1 atom stereocenters. The molecule has 170 valence electrons. The van der Waals surface area contributed by atoms with Crippen LogP contribution in [0.3, 0.4) is 0 Å². The maximum Gasteiger partial charge on any atom is 0.389 e. The SMILES string of the molecule is CCN(C(=O)C(C[S+]([O-])CCCC(F)(F)F)=NOC)c1cn(-c2cccnc2)nc1C. The Morgan fingerprint density at radius 1 is 1.42 bits per heavy atom. The summed E-state index contributed by atoms with van der Waals surface area (Å²) in [6.45, 7) is 3.76. The summed E-state index contributed by atoms with van der Waals surface area (Å²) in [4.78, 5) is 23.2. The Hall–Kier alpha value is -2.60. The molecule has 0 fully saturated rings. The van der Waals surface area contributed by atoms with Gasteiger partial charge in [0.25, 0.3) is 5.91 Å². The van der Waals surface area contributed by atoms with Crippen LogP contribution < -0.4 is 4.90 Å². The van der Waals surface area contributed by atoms with Crippen molar-refractivity contribution in [1.82, 2.24) is 14.8 Å². The number of nitrogens with zero attached hydrogens (tertiary/aromatic N) is 5. The molecule has 1 unspecified atom stereocenters. The van der Waals surface area contributed by atoms with Crippen molar-refractivity contribution in [2.75, 3.05) is 30.1 Å². The molecule has 0 radical (unpaired) electrons. The van der Waals surface area contributed by atoms with Gasteiger partial charge in [-0.2, -0.15) is 18.3 Å². The van der Waals surface area contributed by atoms with Crippen LogP contribution in [-0.2, 0) is 20.8 Å². The predicted octanol–water partition coefficient (Wildman–Crippen LogP) is 3.02. The highest BCUT2D eigenvalue weighted by Crippen LogP contribution is 2.23. The molecule has 0 aliphatic rings. The number of hydrogen-bond donors (Lipinski definition) is 0. The number of alkyl halides is 3. The van der Waals surface area contributed by atoms with Crippen molar-refractivity contribution >= 4 is 28.5 Å². The molecule has 0 N–H and O–H groups in total. The van der Waals surface area contributed by atoms with Crippen LogP contribution in [0.1, 0.15) is 25.5 Å². The largest absolute Gasteiger partial charge is 0.616 e. The van der Waals surface area contributed by atoms with Crippen molar-refractivity contribution < 1.29 is 27.4 Å². The minimum Gasteiger partial charge on any atom is -0.616 e. The Balaban J connectivity index is 2.16. The van der Waals surface area contributed by atoms with Crippen LogP contribution in [0.25, 0.3) is 5.69 Å². The summed E-state index contributed by atoms with van der Waals surface area (Å²) < 4.78 is 50.7. The maximum atomic E-state index is 13.1. The first-order valence-electron chi connectivity index (χ1n) is 9.46. The highest BCUT2D eigenvalue weighted by Gasteiger charge is 2.30. The maximum absolute atomic E-state index is 13.1. The van der Waals surface area contributed by atoms with Gasteiger partial charge in [-0.3, -0.25) is 9.78 Å². The van der Waals surface area contributed by atoms with E-state index in [1.807, 2.05) is 6.07 Å². The normalized spacial score (nSPS) is 13.2. The zero-order valence-electron chi connectivity index (χ0n) is 17.4. The molecule has 2 heterocycles. The second-order valence-electron chi connectivity index (χ2n) is 6.53. The van der Waals surface area contributed by atoms with Crippen LogP contribution in [0, 0.1) is 6.92 Å². The number of aryl methyl sites for hydroxylation is 1. The lowest BCUT2D eigenvalue weighted by molar-refractivity contribution is -0.134. The van der Waals surface area contributed by atoms with Gasteiger partial charge in [0.15, 0.2) is 11.5 Å². The molecule has 0 saturated carbocycles. The number of rotatable bonds is 10. The lowest BCUT2D eigenvalue weighted by Crippen LogP contribution is -2.40. The molecule has 0 bridgehead atoms. The molecule has 8 nitrogen and oxygen atoms in total. The number of hydrogen-bond acceptors (Lipinski definition) is 6. The topological polar surface area (TPSA) is 95.7 Å². The zero-order valence-corrected chi connectivity index (χ0v) is 18.2. The summed E-state index contributed by atoms with van der Waals surface area (Å²) in [7, 11) is 1.24. The van der Waals surface area contributed by atoms with Gasteiger partial charge in [-0.25, -0.2) is 4.68 Å². The van der Waals surface area contributed by atoms with Gasteiger partial charge in [0.05, 0.1) is 29.5 Å². The van der Waals surface area contributed by atoms with E-state index in [1.165, 1.54) is 12.0 Å². The molecule has 12 heteroatoms. The van der Waals surface area contributed by atoms with Gasteiger partial charge in [-0.1, -0.05) is 5.16 Å². The molecule has 2 aromatic heterocycles. The summed E-state index contributed by atoms with van der Waals surface area (Å²) in [6, 6.07) is 3.56. The Bertz CT molecular complexity index is 890. The second-order valence-corrected chi connectivity index (χ2v) is 8.11. The van der Waals surface area contributed by atoms with Crippen molar-refractivity contribution in [2.45, 2.75) is 32.9 Å². The predicted molar refractivity (Wildman–Crippen MR) is 112 cm³/mol. The van der Waals surface area contributed by atoms with Gasteiger partial charge < -0.3 is 14.3 Å². The molecule has 0 aromatic carbocycles. The number of amides is 1. The Morgan fingerprint density at radius 3 is 2.74 bits per heavy atom. The van der Waals surface area contributed by atoms with Crippen LogP contribution in [0.15, 0.2) is 35.9 Å². The lowest BCUT2D eigenvalue weighted by Gasteiger charge is -2.21. The fourth-order valence-electron chi connectivity index (χ4n) is 2.81. The summed E-state index contributed by atoms with van der Waals surface area (Å²) in [5.41, 5.74) is 1.66. The number of aromatic nitrogens is 3. The van der Waals surface area contributed by atoms with E-state index >= 15 is 0 Å². The minimum absolute atomic E-state index is 0.136. The van der Waals surface area contributed by atoms with Gasteiger partial charge in [-0.05, 0) is 37.2 Å². The smallest absolute Gasteiger partial charge is 0.389 e. The van der Waals surface area contributed by atoms with E-state index in [9.17, 15) is 22.5 Å². The van der Waals surface area contributed by atoms with Crippen LogP contribution >= 0.6 is 0 Å². The molecule has 2 aromatic rings. The average Bonchev–Trinajstić information content (AvgIpc) is 3.09. The number of pyridine rings is 1. The Morgan fingerprint density at radius 2 is 2.16 bits per heavy atom. The van der Waals surface area contributed by atoms with Crippen LogP contribution in [-0.4, -0.2) is 62.3 Å². The van der Waals surface area contributed by atoms with Gasteiger partial charge >= 0.3 is 6.18 Å². The van der Waals surface area contributed by atoms with Crippen molar-refractivity contribution in [3.8, 4) is 5.69 Å². The summed E-state index contributed by atoms with van der Waals surface area (Å²) >= 11 is -1.70. The van der Waals surface area contributed by atoms with E-state index in [4.69, 9.17) is 4.84 Å². The molecular weight excluding hydrogens is 435 g/mol. The quantitative estimate of drug-likeness (QED) is 0.309. The van der Waals surface area contributed by atoms with E-state index in [0.29, 0.717) is 17.1 Å². The van der Waals surface area contributed by atoms with E-state index in [-0.39, 0.29) is 30.2 Å². The first-order valence-corrected chi connectivity index (χ1v) is 10.9.